The Balaban J connectivity index is 2.04. The third-order valence-electron chi connectivity index (χ3n) is 4.83. The molecule has 0 aliphatic heterocycles. The zero-order valence-electron chi connectivity index (χ0n) is 15.9. The summed E-state index contributed by atoms with van der Waals surface area (Å²) < 4.78 is 1.78. The first-order valence-corrected chi connectivity index (χ1v) is 10.3. The predicted molar refractivity (Wildman–Crippen MR) is 114 cm³/mol. The van der Waals surface area contributed by atoms with Gasteiger partial charge >= 0.3 is 0 Å². The van der Waals surface area contributed by atoms with Crippen LogP contribution in [0, 0.1) is 13.8 Å². The Morgan fingerprint density at radius 2 is 1.96 bits per heavy atom. The number of nitrogens with one attached hydrogen (secondary N) is 1. The van der Waals surface area contributed by atoms with Gasteiger partial charge in [0.1, 0.15) is 11.0 Å². The zero-order valence-corrected chi connectivity index (χ0v) is 16.7. The minimum atomic E-state index is -0.0381. The molecule has 4 aromatic rings. The van der Waals surface area contributed by atoms with E-state index in [1.54, 1.807) is 16.3 Å². The molecule has 0 saturated carbocycles. The summed E-state index contributed by atoms with van der Waals surface area (Å²) in [5, 5.41) is 1.76. The second kappa shape index (κ2) is 7.24. The fourth-order valence-electron chi connectivity index (χ4n) is 3.32. The highest BCUT2D eigenvalue weighted by atomic mass is 32.2. The molecule has 138 valence electrons. The molecule has 0 fully saturated rings. The average Bonchev–Trinajstić information content (AvgIpc) is 3.04. The number of aromatic amines is 1. The smallest absolute Gasteiger partial charge is 0.283 e. The molecule has 4 nitrogen and oxygen atoms in total. The number of fused-ring (bicyclic) bond motifs is 3. The molecule has 4 rings (SSSR count). The van der Waals surface area contributed by atoms with Gasteiger partial charge in [-0.1, -0.05) is 55.4 Å². The number of aryl methyl sites for hydroxylation is 2. The molecule has 0 saturated heterocycles. The van der Waals surface area contributed by atoms with E-state index in [0.717, 1.165) is 57.0 Å². The summed E-state index contributed by atoms with van der Waals surface area (Å²) in [4.78, 5) is 21.7. The van der Waals surface area contributed by atoms with Gasteiger partial charge in [0.2, 0.25) is 0 Å². The molecule has 0 atom stereocenters. The standard InChI is InChI=1S/C22H23N3OS/c1-4-5-12-27-22-24-19-16-8-6-7-9-17(16)23-20(19)21(26)25(22)18-13-14(2)10-11-15(18)3/h6-11,13,23H,4-5,12H2,1-3H3. The van der Waals surface area contributed by atoms with Crippen molar-refractivity contribution in [3.05, 3.63) is 63.9 Å². The summed E-state index contributed by atoms with van der Waals surface area (Å²) in [5.41, 5.74) is 5.34. The maximum Gasteiger partial charge on any atom is 0.283 e. The minimum absolute atomic E-state index is 0.0381. The van der Waals surface area contributed by atoms with E-state index in [1.807, 2.05) is 38.1 Å². The maximum atomic E-state index is 13.5. The van der Waals surface area contributed by atoms with Gasteiger partial charge < -0.3 is 4.98 Å². The highest BCUT2D eigenvalue weighted by Gasteiger charge is 2.18. The normalized spacial score (nSPS) is 11.5. The molecular formula is C22H23N3OS. The molecule has 0 aliphatic rings. The van der Waals surface area contributed by atoms with Crippen molar-refractivity contribution in [2.75, 3.05) is 5.75 Å². The summed E-state index contributed by atoms with van der Waals surface area (Å²) >= 11 is 1.66. The topological polar surface area (TPSA) is 50.7 Å². The van der Waals surface area contributed by atoms with E-state index in [-0.39, 0.29) is 5.56 Å². The van der Waals surface area contributed by atoms with Crippen molar-refractivity contribution in [2.45, 2.75) is 38.8 Å². The number of rotatable bonds is 5. The molecule has 1 N–H and O–H groups in total. The number of thioether (sulfide) groups is 1. The summed E-state index contributed by atoms with van der Waals surface area (Å²) in [5.74, 6) is 0.946. The Labute approximate surface area is 162 Å². The maximum absolute atomic E-state index is 13.5. The Bertz CT molecular complexity index is 1190. The number of aromatic nitrogens is 3. The summed E-state index contributed by atoms with van der Waals surface area (Å²) in [6.45, 7) is 6.26. The third kappa shape index (κ3) is 3.16. The molecular weight excluding hydrogens is 354 g/mol. The van der Waals surface area contributed by atoms with Crippen LogP contribution in [0.1, 0.15) is 30.9 Å². The van der Waals surface area contributed by atoms with Crippen molar-refractivity contribution in [1.82, 2.24) is 14.5 Å². The fraction of sp³-hybridized carbons (Fsp3) is 0.273. The van der Waals surface area contributed by atoms with E-state index in [0.29, 0.717) is 5.52 Å². The van der Waals surface area contributed by atoms with Crippen LogP contribution in [-0.4, -0.2) is 20.3 Å². The van der Waals surface area contributed by atoms with Crippen LogP contribution in [0.15, 0.2) is 52.4 Å². The van der Waals surface area contributed by atoms with E-state index in [2.05, 4.69) is 30.1 Å². The van der Waals surface area contributed by atoms with Gasteiger partial charge in [-0.25, -0.2) is 4.98 Å². The Morgan fingerprint density at radius 1 is 1.15 bits per heavy atom. The molecule has 2 aromatic heterocycles. The first-order chi connectivity index (χ1) is 13.1. The van der Waals surface area contributed by atoms with Gasteiger partial charge in [-0.15, -0.1) is 0 Å². The van der Waals surface area contributed by atoms with Crippen molar-refractivity contribution in [3.8, 4) is 5.69 Å². The molecule has 0 radical (unpaired) electrons. The number of H-pyrrole nitrogens is 1. The highest BCUT2D eigenvalue weighted by molar-refractivity contribution is 7.99. The number of nitrogens with zero attached hydrogens (tertiary/aromatic N) is 2. The SMILES string of the molecule is CCCCSc1nc2c([nH]c3ccccc32)c(=O)n1-c1cc(C)ccc1C. The lowest BCUT2D eigenvalue weighted by Crippen LogP contribution is -2.22. The summed E-state index contributed by atoms with van der Waals surface area (Å²) in [7, 11) is 0. The van der Waals surface area contributed by atoms with Gasteiger partial charge in [-0.05, 0) is 43.5 Å². The van der Waals surface area contributed by atoms with E-state index in [4.69, 9.17) is 4.98 Å². The van der Waals surface area contributed by atoms with Gasteiger partial charge in [-0.2, -0.15) is 0 Å². The fourth-order valence-corrected chi connectivity index (χ4v) is 4.40. The molecule has 2 heterocycles. The lowest BCUT2D eigenvalue weighted by Gasteiger charge is -2.15. The Hall–Kier alpha value is -2.53. The van der Waals surface area contributed by atoms with Gasteiger partial charge in [-0.3, -0.25) is 9.36 Å². The van der Waals surface area contributed by atoms with Crippen molar-refractivity contribution >= 4 is 33.7 Å². The highest BCUT2D eigenvalue weighted by Crippen LogP contribution is 2.28. The predicted octanol–water partition coefficient (Wildman–Crippen LogP) is 5.38. The largest absolute Gasteiger partial charge is 0.349 e. The number of hydrogen-bond acceptors (Lipinski definition) is 3. The van der Waals surface area contributed by atoms with Crippen LogP contribution in [0.3, 0.4) is 0 Å². The number of hydrogen-bond donors (Lipinski definition) is 1. The van der Waals surface area contributed by atoms with E-state index in [1.165, 1.54) is 0 Å². The molecule has 0 bridgehead atoms. The van der Waals surface area contributed by atoms with Crippen LogP contribution in [0.5, 0.6) is 0 Å². The monoisotopic (exact) mass is 377 g/mol. The van der Waals surface area contributed by atoms with E-state index < -0.39 is 0 Å². The molecule has 0 unspecified atom stereocenters. The summed E-state index contributed by atoms with van der Waals surface area (Å²) in [6, 6.07) is 14.2. The quantitative estimate of drug-likeness (QED) is 0.289. The Morgan fingerprint density at radius 3 is 2.78 bits per heavy atom. The number of para-hydroxylation sites is 1. The van der Waals surface area contributed by atoms with Crippen LogP contribution < -0.4 is 5.56 Å². The lowest BCUT2D eigenvalue weighted by atomic mass is 10.1. The second-order valence-corrected chi connectivity index (χ2v) is 7.98. The van der Waals surface area contributed by atoms with Gasteiger partial charge in [0.05, 0.1) is 5.69 Å². The number of unbranched alkanes of at least 4 members (excludes halogenated alkanes) is 1. The van der Waals surface area contributed by atoms with Crippen molar-refractivity contribution in [3.63, 3.8) is 0 Å². The van der Waals surface area contributed by atoms with Gasteiger partial charge in [0.25, 0.3) is 5.56 Å². The number of benzene rings is 2. The molecule has 5 heteroatoms. The van der Waals surface area contributed by atoms with Crippen LogP contribution >= 0.6 is 11.8 Å². The van der Waals surface area contributed by atoms with Crippen molar-refractivity contribution in [1.29, 1.82) is 0 Å². The zero-order chi connectivity index (χ0) is 19.0. The van der Waals surface area contributed by atoms with Crippen LogP contribution in [-0.2, 0) is 0 Å². The molecule has 2 aromatic carbocycles. The first-order valence-electron chi connectivity index (χ1n) is 9.34. The average molecular weight is 378 g/mol. The van der Waals surface area contributed by atoms with Crippen LogP contribution in [0.4, 0.5) is 0 Å². The summed E-state index contributed by atoms with van der Waals surface area (Å²) in [6.07, 6.45) is 2.22. The first kappa shape index (κ1) is 17.9. The third-order valence-corrected chi connectivity index (χ3v) is 5.85. The van der Waals surface area contributed by atoms with Gasteiger partial charge in [0, 0.05) is 16.7 Å². The second-order valence-electron chi connectivity index (χ2n) is 6.92. The minimum Gasteiger partial charge on any atom is -0.349 e. The molecule has 27 heavy (non-hydrogen) atoms. The van der Waals surface area contributed by atoms with Crippen molar-refractivity contribution < 1.29 is 0 Å². The molecule has 0 aliphatic carbocycles. The van der Waals surface area contributed by atoms with Crippen LogP contribution in [0.2, 0.25) is 0 Å². The van der Waals surface area contributed by atoms with E-state index in [9.17, 15) is 4.79 Å². The van der Waals surface area contributed by atoms with Gasteiger partial charge in [0.15, 0.2) is 5.16 Å². The molecule has 0 spiro atoms. The lowest BCUT2D eigenvalue weighted by molar-refractivity contribution is 0.808. The van der Waals surface area contributed by atoms with Crippen LogP contribution in [0.25, 0.3) is 27.6 Å². The Kier molecular flexibility index (Phi) is 4.79. The van der Waals surface area contributed by atoms with Crippen molar-refractivity contribution in [2.24, 2.45) is 0 Å². The molecule has 0 amide bonds. The van der Waals surface area contributed by atoms with E-state index >= 15 is 0 Å².